The molecule has 2 fully saturated rings. The predicted molar refractivity (Wildman–Crippen MR) is 64.1 cm³/mol. The molecule has 0 aromatic carbocycles. The first-order valence-electron chi connectivity index (χ1n) is 6.12. The van der Waals surface area contributed by atoms with Gasteiger partial charge in [0, 0.05) is 19.1 Å². The summed E-state index contributed by atoms with van der Waals surface area (Å²) in [5.41, 5.74) is 5.62. The van der Waals surface area contributed by atoms with Crippen LogP contribution in [-0.2, 0) is 4.79 Å². The molecule has 0 aromatic rings. The predicted octanol–water partition coefficient (Wildman–Crippen LogP) is 0.420. The molecule has 2 aliphatic rings. The SMILES string of the molecule is CN(CC1(N(C)C)CCC1)C(=O)C1(N)CC1. The zero-order chi connectivity index (χ0) is 12.0. The Morgan fingerprint density at radius 2 is 1.75 bits per heavy atom. The van der Waals surface area contributed by atoms with Gasteiger partial charge in [0.25, 0.3) is 0 Å². The highest BCUT2D eigenvalue weighted by Crippen LogP contribution is 2.39. The van der Waals surface area contributed by atoms with Crippen molar-refractivity contribution < 1.29 is 4.79 Å². The molecule has 0 aromatic heterocycles. The molecule has 0 radical (unpaired) electrons. The molecule has 0 saturated heterocycles. The van der Waals surface area contributed by atoms with Crippen LogP contribution in [0, 0.1) is 0 Å². The fraction of sp³-hybridized carbons (Fsp3) is 0.917. The summed E-state index contributed by atoms with van der Waals surface area (Å²) in [5.74, 6) is 0.126. The molecule has 0 heterocycles. The molecule has 1 amide bonds. The topological polar surface area (TPSA) is 49.6 Å². The number of nitrogens with zero attached hydrogens (tertiary/aromatic N) is 2. The van der Waals surface area contributed by atoms with Gasteiger partial charge in [-0.15, -0.1) is 0 Å². The lowest BCUT2D eigenvalue weighted by Crippen LogP contribution is -2.59. The summed E-state index contributed by atoms with van der Waals surface area (Å²) in [7, 11) is 6.10. The Kier molecular flexibility index (Phi) is 2.75. The number of amides is 1. The smallest absolute Gasteiger partial charge is 0.242 e. The molecule has 16 heavy (non-hydrogen) atoms. The van der Waals surface area contributed by atoms with Crippen molar-refractivity contribution >= 4 is 5.91 Å². The Bertz CT molecular complexity index is 293. The maximum Gasteiger partial charge on any atom is 0.242 e. The van der Waals surface area contributed by atoms with E-state index in [9.17, 15) is 4.79 Å². The fourth-order valence-corrected chi connectivity index (χ4v) is 2.57. The molecule has 0 atom stereocenters. The molecule has 2 saturated carbocycles. The summed E-state index contributed by atoms with van der Waals surface area (Å²) in [4.78, 5) is 16.1. The van der Waals surface area contributed by atoms with Crippen molar-refractivity contribution in [3.05, 3.63) is 0 Å². The third-order valence-electron chi connectivity index (χ3n) is 4.33. The van der Waals surface area contributed by atoms with E-state index >= 15 is 0 Å². The minimum absolute atomic E-state index is 0.126. The first kappa shape index (κ1) is 11.9. The Morgan fingerprint density at radius 1 is 1.19 bits per heavy atom. The van der Waals surface area contributed by atoms with Crippen molar-refractivity contribution in [2.45, 2.75) is 43.2 Å². The first-order chi connectivity index (χ1) is 7.40. The molecule has 2 N–H and O–H groups in total. The lowest BCUT2D eigenvalue weighted by Gasteiger charge is -2.49. The van der Waals surface area contributed by atoms with Gasteiger partial charge in [0.15, 0.2) is 0 Å². The van der Waals surface area contributed by atoms with Crippen molar-refractivity contribution in [1.82, 2.24) is 9.80 Å². The van der Waals surface area contributed by atoms with Gasteiger partial charge in [-0.2, -0.15) is 0 Å². The maximum absolute atomic E-state index is 12.0. The van der Waals surface area contributed by atoms with Crippen LogP contribution in [0.4, 0.5) is 0 Å². The van der Waals surface area contributed by atoms with Crippen LogP contribution in [0.15, 0.2) is 0 Å². The van der Waals surface area contributed by atoms with Crippen molar-refractivity contribution in [3.63, 3.8) is 0 Å². The second-order valence-electron chi connectivity index (χ2n) is 5.79. The number of carbonyl (C=O) groups excluding carboxylic acids is 1. The van der Waals surface area contributed by atoms with E-state index in [2.05, 4.69) is 19.0 Å². The summed E-state index contributed by atoms with van der Waals surface area (Å²) in [6, 6.07) is 0. The molecule has 0 bridgehead atoms. The molecule has 92 valence electrons. The number of likely N-dealkylation sites (N-methyl/N-ethyl adjacent to an activating group) is 2. The lowest BCUT2D eigenvalue weighted by molar-refractivity contribution is -0.135. The van der Waals surface area contributed by atoms with Crippen LogP contribution in [0.1, 0.15) is 32.1 Å². The summed E-state index contributed by atoms with van der Waals surface area (Å²) in [6.07, 6.45) is 5.36. The van der Waals surface area contributed by atoms with E-state index in [4.69, 9.17) is 5.73 Å². The quantitative estimate of drug-likeness (QED) is 0.754. The Morgan fingerprint density at radius 3 is 2.06 bits per heavy atom. The zero-order valence-electron chi connectivity index (χ0n) is 10.6. The number of nitrogens with two attached hydrogens (primary N) is 1. The standard InChI is InChI=1S/C12H23N3O/c1-14(2)11(5-4-6-11)9-15(3)10(16)12(13)7-8-12/h4-9,13H2,1-3H3. The van der Waals surface area contributed by atoms with Gasteiger partial charge in [0.2, 0.25) is 5.91 Å². The van der Waals surface area contributed by atoms with Crippen molar-refractivity contribution in [3.8, 4) is 0 Å². The molecule has 0 aliphatic heterocycles. The maximum atomic E-state index is 12.0. The van der Waals surface area contributed by atoms with Crippen LogP contribution >= 0.6 is 0 Å². The van der Waals surface area contributed by atoms with E-state index < -0.39 is 5.54 Å². The van der Waals surface area contributed by atoms with Gasteiger partial charge in [-0.25, -0.2) is 0 Å². The van der Waals surface area contributed by atoms with Crippen LogP contribution in [0.2, 0.25) is 0 Å². The van der Waals surface area contributed by atoms with Crippen LogP contribution < -0.4 is 5.73 Å². The Labute approximate surface area is 97.8 Å². The summed E-state index contributed by atoms with van der Waals surface area (Å²) in [5, 5.41) is 0. The molecule has 2 rings (SSSR count). The van der Waals surface area contributed by atoms with Gasteiger partial charge >= 0.3 is 0 Å². The molecule has 4 nitrogen and oxygen atoms in total. The average molecular weight is 225 g/mol. The van der Waals surface area contributed by atoms with E-state index in [-0.39, 0.29) is 11.4 Å². The average Bonchev–Trinajstić information content (AvgIpc) is 2.89. The van der Waals surface area contributed by atoms with E-state index in [1.165, 1.54) is 19.3 Å². The molecular formula is C12H23N3O. The molecule has 0 unspecified atom stereocenters. The molecule has 0 spiro atoms. The van der Waals surface area contributed by atoms with Gasteiger partial charge in [0.05, 0.1) is 5.54 Å². The van der Waals surface area contributed by atoms with Gasteiger partial charge < -0.3 is 15.5 Å². The number of hydrogen-bond donors (Lipinski definition) is 1. The van der Waals surface area contributed by atoms with Gasteiger partial charge in [-0.1, -0.05) is 0 Å². The summed E-state index contributed by atoms with van der Waals surface area (Å²) >= 11 is 0. The highest BCUT2D eigenvalue weighted by Gasteiger charge is 2.49. The second kappa shape index (κ2) is 3.70. The van der Waals surface area contributed by atoms with Crippen molar-refractivity contribution in [2.24, 2.45) is 5.73 Å². The number of hydrogen-bond acceptors (Lipinski definition) is 3. The third kappa shape index (κ3) is 1.84. The molecule has 4 heteroatoms. The zero-order valence-corrected chi connectivity index (χ0v) is 10.6. The van der Waals surface area contributed by atoms with Crippen molar-refractivity contribution in [1.29, 1.82) is 0 Å². The van der Waals surface area contributed by atoms with Gasteiger partial charge in [-0.05, 0) is 46.2 Å². The van der Waals surface area contributed by atoms with Crippen LogP contribution in [0.3, 0.4) is 0 Å². The number of rotatable bonds is 4. The van der Waals surface area contributed by atoms with Crippen LogP contribution in [-0.4, -0.2) is 54.5 Å². The highest BCUT2D eigenvalue weighted by atomic mass is 16.2. The van der Waals surface area contributed by atoms with E-state index in [1.807, 2.05) is 11.9 Å². The Balaban J connectivity index is 1.96. The van der Waals surface area contributed by atoms with Gasteiger partial charge in [-0.3, -0.25) is 4.79 Å². The largest absolute Gasteiger partial charge is 0.342 e. The molecular weight excluding hydrogens is 202 g/mol. The first-order valence-corrected chi connectivity index (χ1v) is 6.12. The van der Waals surface area contributed by atoms with E-state index in [0.717, 1.165) is 19.4 Å². The lowest BCUT2D eigenvalue weighted by atomic mass is 9.75. The van der Waals surface area contributed by atoms with E-state index in [0.29, 0.717) is 0 Å². The highest BCUT2D eigenvalue weighted by molar-refractivity contribution is 5.88. The monoisotopic (exact) mass is 225 g/mol. The van der Waals surface area contributed by atoms with Crippen molar-refractivity contribution in [2.75, 3.05) is 27.7 Å². The Hall–Kier alpha value is -0.610. The fourth-order valence-electron chi connectivity index (χ4n) is 2.57. The summed E-state index contributed by atoms with van der Waals surface area (Å²) < 4.78 is 0. The minimum atomic E-state index is -0.522. The second-order valence-corrected chi connectivity index (χ2v) is 5.79. The summed E-state index contributed by atoms with van der Waals surface area (Å²) in [6.45, 7) is 0.817. The van der Waals surface area contributed by atoms with Crippen LogP contribution in [0.5, 0.6) is 0 Å². The number of carbonyl (C=O) groups is 1. The van der Waals surface area contributed by atoms with Crippen LogP contribution in [0.25, 0.3) is 0 Å². The third-order valence-corrected chi connectivity index (χ3v) is 4.33. The minimum Gasteiger partial charge on any atom is -0.342 e. The van der Waals surface area contributed by atoms with E-state index in [1.54, 1.807) is 0 Å². The normalized spacial score (nSPS) is 25.1. The molecule has 2 aliphatic carbocycles. The van der Waals surface area contributed by atoms with Gasteiger partial charge in [0.1, 0.15) is 0 Å².